The van der Waals surface area contributed by atoms with E-state index in [4.69, 9.17) is 4.74 Å². The number of allylic oxidation sites excluding steroid dienone is 9. The van der Waals surface area contributed by atoms with Crippen molar-refractivity contribution < 1.29 is 18.7 Å². The molecule has 0 radical (unpaired) electrons. The molecule has 1 unspecified atom stereocenters. The Morgan fingerprint density at radius 1 is 1.42 bits per heavy atom. The third-order valence-corrected chi connectivity index (χ3v) is 4.26. The molecular weight excluding hydrogens is 395 g/mol. The summed E-state index contributed by atoms with van der Waals surface area (Å²) in [6, 6.07) is -0.00177. The first-order chi connectivity index (χ1) is 14.8. The molecule has 0 bridgehead atoms. The smallest absolute Gasteiger partial charge is 0.256 e. The van der Waals surface area contributed by atoms with Gasteiger partial charge in [-0.05, 0) is 50.1 Å². The summed E-state index contributed by atoms with van der Waals surface area (Å²) in [5.74, 6) is 4.71. The van der Waals surface area contributed by atoms with Crippen molar-refractivity contribution in [2.45, 2.75) is 39.3 Å². The van der Waals surface area contributed by atoms with E-state index in [1.165, 1.54) is 24.3 Å². The molecule has 2 aliphatic rings. The number of amides is 2. The Morgan fingerprint density at radius 3 is 2.90 bits per heavy atom. The zero-order chi connectivity index (χ0) is 22.8. The average Bonchev–Trinajstić information content (AvgIpc) is 3.00. The Morgan fingerprint density at radius 2 is 2.19 bits per heavy atom. The van der Waals surface area contributed by atoms with Crippen LogP contribution in [0.4, 0.5) is 4.39 Å². The Bertz CT molecular complexity index is 979. The molecule has 0 aromatic carbocycles. The van der Waals surface area contributed by atoms with Gasteiger partial charge in [0.15, 0.2) is 0 Å². The van der Waals surface area contributed by atoms with Gasteiger partial charge < -0.3 is 15.4 Å². The maximum Gasteiger partial charge on any atom is 0.256 e. The minimum Gasteiger partial charge on any atom is -0.352 e. The standard InChI is InChI=1S/C25H27FN2O3/c1-5-6-11-21-18(4)23(31-16-24(29)27-17(2)3)13-8-12-22(21)25(30)28-20-10-7-9-19(26)14-15-20/h5-7,9-12,14,17,23H,4,15-16H2,1-3H3,(H,27,29)(H,28,30)/b6-5-,21-11+. The monoisotopic (exact) mass is 422 g/mol. The lowest BCUT2D eigenvalue weighted by atomic mass is 9.95. The van der Waals surface area contributed by atoms with Crippen LogP contribution in [0.1, 0.15) is 27.2 Å². The number of rotatable bonds is 7. The molecule has 0 spiro atoms. The van der Waals surface area contributed by atoms with Gasteiger partial charge in [-0.15, -0.1) is 0 Å². The Hall–Kier alpha value is -3.43. The summed E-state index contributed by atoms with van der Waals surface area (Å²) in [6.07, 6.45) is 12.3. The Kier molecular flexibility index (Phi) is 8.98. The third-order valence-electron chi connectivity index (χ3n) is 4.26. The highest BCUT2D eigenvalue weighted by atomic mass is 19.1. The molecule has 2 rings (SSSR count). The van der Waals surface area contributed by atoms with Gasteiger partial charge in [0.2, 0.25) is 5.91 Å². The minimum absolute atomic E-state index is 0.00177. The van der Waals surface area contributed by atoms with Gasteiger partial charge in [0.1, 0.15) is 18.5 Å². The number of halogens is 1. The largest absolute Gasteiger partial charge is 0.352 e. The molecule has 31 heavy (non-hydrogen) atoms. The molecule has 2 aliphatic carbocycles. The number of ether oxygens (including phenoxy) is 1. The maximum atomic E-state index is 13.4. The van der Waals surface area contributed by atoms with Gasteiger partial charge in [0.05, 0.1) is 5.57 Å². The van der Waals surface area contributed by atoms with Crippen LogP contribution in [0.15, 0.2) is 83.4 Å². The van der Waals surface area contributed by atoms with Gasteiger partial charge in [-0.2, -0.15) is 0 Å². The fourth-order valence-corrected chi connectivity index (χ4v) is 2.82. The Balaban J connectivity index is 2.20. The maximum absolute atomic E-state index is 13.4. The lowest BCUT2D eigenvalue weighted by Crippen LogP contribution is -2.34. The number of hydrogen-bond donors (Lipinski definition) is 2. The lowest BCUT2D eigenvalue weighted by molar-refractivity contribution is -0.126. The van der Waals surface area contributed by atoms with Crippen LogP contribution in [-0.4, -0.2) is 30.6 Å². The summed E-state index contributed by atoms with van der Waals surface area (Å²) in [7, 11) is 0. The second kappa shape index (κ2) is 11.7. The second-order valence-electron chi connectivity index (χ2n) is 7.19. The van der Waals surface area contributed by atoms with E-state index in [0.717, 1.165) is 0 Å². The fourth-order valence-electron chi connectivity index (χ4n) is 2.82. The van der Waals surface area contributed by atoms with Crippen LogP contribution >= 0.6 is 0 Å². The van der Waals surface area contributed by atoms with Crippen LogP contribution < -0.4 is 10.6 Å². The van der Waals surface area contributed by atoms with E-state index in [0.29, 0.717) is 22.4 Å². The predicted molar refractivity (Wildman–Crippen MR) is 120 cm³/mol. The summed E-state index contributed by atoms with van der Waals surface area (Å²) in [5, 5.41) is 5.55. The lowest BCUT2D eigenvalue weighted by Gasteiger charge is -2.19. The van der Waals surface area contributed by atoms with Crippen molar-refractivity contribution in [1.29, 1.82) is 0 Å². The highest BCUT2D eigenvalue weighted by Crippen LogP contribution is 2.26. The first-order valence-electron chi connectivity index (χ1n) is 10.0. The first-order valence-corrected chi connectivity index (χ1v) is 10.0. The zero-order valence-corrected chi connectivity index (χ0v) is 18.0. The molecule has 5 nitrogen and oxygen atoms in total. The molecule has 0 heterocycles. The first kappa shape index (κ1) is 23.8. The SMILES string of the molecule is C=C1/C(=C\C=C/C)C(C(=O)NC2=CC=CC(F)=CC2)=CC#CC1OCC(=O)NC(C)C. The second-order valence-corrected chi connectivity index (χ2v) is 7.19. The molecule has 0 saturated heterocycles. The van der Waals surface area contributed by atoms with Gasteiger partial charge >= 0.3 is 0 Å². The van der Waals surface area contributed by atoms with E-state index < -0.39 is 6.10 Å². The van der Waals surface area contributed by atoms with E-state index in [1.54, 1.807) is 18.2 Å². The molecule has 6 heteroatoms. The van der Waals surface area contributed by atoms with Crippen molar-refractivity contribution in [2.75, 3.05) is 6.61 Å². The summed E-state index contributed by atoms with van der Waals surface area (Å²) in [6.45, 7) is 9.46. The van der Waals surface area contributed by atoms with Crippen LogP contribution in [0.2, 0.25) is 0 Å². The van der Waals surface area contributed by atoms with Crippen LogP contribution in [0.25, 0.3) is 0 Å². The van der Waals surface area contributed by atoms with Crippen molar-refractivity contribution in [3.8, 4) is 11.8 Å². The molecule has 2 N–H and O–H groups in total. The highest BCUT2D eigenvalue weighted by Gasteiger charge is 2.24. The summed E-state index contributed by atoms with van der Waals surface area (Å²) < 4.78 is 19.1. The van der Waals surface area contributed by atoms with E-state index >= 15 is 0 Å². The van der Waals surface area contributed by atoms with Gasteiger partial charge in [0.25, 0.3) is 5.91 Å². The van der Waals surface area contributed by atoms with Crippen molar-refractivity contribution in [2.24, 2.45) is 0 Å². The molecule has 1 atom stereocenters. The fraction of sp³-hybridized carbons (Fsp3) is 0.280. The van der Waals surface area contributed by atoms with Crippen LogP contribution in [-0.2, 0) is 14.3 Å². The molecule has 162 valence electrons. The van der Waals surface area contributed by atoms with Crippen molar-refractivity contribution in [1.82, 2.24) is 10.6 Å². The topological polar surface area (TPSA) is 67.4 Å². The Labute approximate surface area is 182 Å². The molecular formula is C25H27FN2O3. The average molecular weight is 423 g/mol. The number of hydrogen-bond acceptors (Lipinski definition) is 3. The predicted octanol–water partition coefficient (Wildman–Crippen LogP) is 3.71. The summed E-state index contributed by atoms with van der Waals surface area (Å²) in [4.78, 5) is 24.9. The zero-order valence-electron chi connectivity index (χ0n) is 18.0. The van der Waals surface area contributed by atoms with Gasteiger partial charge in [-0.3, -0.25) is 9.59 Å². The number of carbonyl (C=O) groups is 2. The molecule has 0 saturated carbocycles. The van der Waals surface area contributed by atoms with Crippen molar-refractivity contribution in [3.63, 3.8) is 0 Å². The molecule has 2 amide bonds. The van der Waals surface area contributed by atoms with Crippen LogP contribution in [0.5, 0.6) is 0 Å². The highest BCUT2D eigenvalue weighted by molar-refractivity contribution is 6.01. The third kappa shape index (κ3) is 7.40. The normalized spacial score (nSPS) is 19.8. The van der Waals surface area contributed by atoms with Crippen molar-refractivity contribution in [3.05, 3.63) is 83.4 Å². The van der Waals surface area contributed by atoms with E-state index in [-0.39, 0.29) is 36.7 Å². The molecule has 0 aliphatic heterocycles. The number of nitrogens with one attached hydrogen (secondary N) is 2. The minimum atomic E-state index is -0.743. The summed E-state index contributed by atoms with van der Waals surface area (Å²) in [5.41, 5.74) is 1.88. The van der Waals surface area contributed by atoms with Gasteiger partial charge in [-0.1, -0.05) is 42.7 Å². The van der Waals surface area contributed by atoms with E-state index in [1.807, 2.05) is 26.8 Å². The molecule has 0 fully saturated rings. The van der Waals surface area contributed by atoms with E-state index in [2.05, 4.69) is 29.1 Å². The molecule has 0 aromatic rings. The van der Waals surface area contributed by atoms with Crippen LogP contribution in [0.3, 0.4) is 0 Å². The van der Waals surface area contributed by atoms with Gasteiger partial charge in [0, 0.05) is 24.2 Å². The summed E-state index contributed by atoms with van der Waals surface area (Å²) >= 11 is 0. The van der Waals surface area contributed by atoms with Crippen molar-refractivity contribution >= 4 is 11.8 Å². The molecule has 0 aromatic heterocycles. The quantitative estimate of drug-likeness (QED) is 0.615. The number of carbonyl (C=O) groups excluding carboxylic acids is 2. The van der Waals surface area contributed by atoms with Crippen LogP contribution in [0, 0.1) is 11.8 Å². The van der Waals surface area contributed by atoms with E-state index in [9.17, 15) is 14.0 Å². The van der Waals surface area contributed by atoms with Gasteiger partial charge in [-0.25, -0.2) is 4.39 Å².